The first kappa shape index (κ1) is 14.5. The third-order valence-electron chi connectivity index (χ3n) is 3.48. The molecule has 2 heterocycles. The molecule has 5 nitrogen and oxygen atoms in total. The van der Waals surface area contributed by atoms with Gasteiger partial charge in [-0.2, -0.15) is 5.10 Å². The Morgan fingerprint density at radius 1 is 1.36 bits per heavy atom. The number of aromatic nitrogens is 2. The van der Waals surface area contributed by atoms with E-state index in [0.29, 0.717) is 10.8 Å². The summed E-state index contributed by atoms with van der Waals surface area (Å²) in [5, 5.41) is 7.58. The molecule has 0 bridgehead atoms. The molecule has 0 unspecified atom stereocenters. The number of hydrogen-bond acceptors (Lipinski definition) is 3. The lowest BCUT2D eigenvalue weighted by atomic mass is 10.2. The molecule has 0 radical (unpaired) electrons. The van der Waals surface area contributed by atoms with Gasteiger partial charge >= 0.3 is 0 Å². The molecule has 1 N–H and O–H groups in total. The second-order valence-electron chi connectivity index (χ2n) is 5.04. The maximum atomic E-state index is 12.6. The van der Waals surface area contributed by atoms with E-state index in [-0.39, 0.29) is 5.91 Å². The fourth-order valence-corrected chi connectivity index (χ4v) is 2.71. The Hall–Kier alpha value is -2.47. The van der Waals surface area contributed by atoms with Crippen molar-refractivity contribution in [2.75, 3.05) is 4.90 Å². The Balaban J connectivity index is 1.95. The van der Waals surface area contributed by atoms with Crippen molar-refractivity contribution in [1.29, 1.82) is 0 Å². The van der Waals surface area contributed by atoms with Crippen LogP contribution in [0.1, 0.15) is 18.2 Å². The lowest BCUT2D eigenvalue weighted by molar-refractivity contribution is -0.113. The molecule has 2 aromatic rings. The lowest BCUT2D eigenvalue weighted by Crippen LogP contribution is -2.30. The monoisotopic (exact) mass is 312 g/mol. The Labute approximate surface area is 134 Å². The number of carbonyl (C=O) groups is 1. The first-order chi connectivity index (χ1) is 10.6. The highest BCUT2D eigenvalue weighted by Crippen LogP contribution is 2.23. The van der Waals surface area contributed by atoms with Crippen molar-refractivity contribution in [2.24, 2.45) is 0 Å². The number of aryl methyl sites for hydroxylation is 2. The number of thiocarbonyl (C=S) groups is 1. The zero-order valence-corrected chi connectivity index (χ0v) is 13.2. The van der Waals surface area contributed by atoms with Crippen LogP contribution in [0.2, 0.25) is 0 Å². The molecule has 1 fully saturated rings. The summed E-state index contributed by atoms with van der Waals surface area (Å²) in [5.74, 6) is -0.153. The molecule has 0 spiro atoms. The van der Waals surface area contributed by atoms with Crippen LogP contribution in [0.3, 0.4) is 0 Å². The number of rotatable bonds is 3. The molecule has 1 aliphatic heterocycles. The van der Waals surface area contributed by atoms with Gasteiger partial charge in [-0.1, -0.05) is 12.1 Å². The van der Waals surface area contributed by atoms with E-state index < -0.39 is 0 Å². The number of anilines is 1. The molecule has 1 aliphatic rings. The van der Waals surface area contributed by atoms with Gasteiger partial charge < -0.3 is 5.32 Å². The molecular weight excluding hydrogens is 296 g/mol. The van der Waals surface area contributed by atoms with E-state index >= 15 is 0 Å². The van der Waals surface area contributed by atoms with Gasteiger partial charge in [0.05, 0.1) is 11.4 Å². The van der Waals surface area contributed by atoms with E-state index in [4.69, 9.17) is 12.2 Å². The van der Waals surface area contributed by atoms with E-state index in [1.807, 2.05) is 48.9 Å². The Morgan fingerprint density at radius 3 is 2.91 bits per heavy atom. The third-order valence-corrected chi connectivity index (χ3v) is 3.76. The number of carbonyl (C=O) groups excluding carboxylic acids is 1. The Morgan fingerprint density at radius 2 is 2.18 bits per heavy atom. The lowest BCUT2D eigenvalue weighted by Gasteiger charge is -2.14. The van der Waals surface area contributed by atoms with E-state index in [0.717, 1.165) is 23.5 Å². The molecular formula is C16H16N4OS. The van der Waals surface area contributed by atoms with Gasteiger partial charge in [0.15, 0.2) is 5.11 Å². The van der Waals surface area contributed by atoms with E-state index in [1.165, 1.54) is 4.90 Å². The van der Waals surface area contributed by atoms with Gasteiger partial charge in [-0.25, -0.2) is 0 Å². The number of nitrogens with zero attached hydrogens (tertiary/aromatic N) is 3. The van der Waals surface area contributed by atoms with Crippen molar-refractivity contribution in [1.82, 2.24) is 15.1 Å². The summed E-state index contributed by atoms with van der Waals surface area (Å²) in [6.45, 7) is 4.73. The number of hydrogen-bond donors (Lipinski definition) is 1. The first-order valence-corrected chi connectivity index (χ1v) is 7.46. The predicted molar refractivity (Wildman–Crippen MR) is 90.3 cm³/mol. The van der Waals surface area contributed by atoms with Crippen LogP contribution in [-0.4, -0.2) is 20.8 Å². The van der Waals surface area contributed by atoms with Crippen molar-refractivity contribution in [2.45, 2.75) is 20.4 Å². The number of benzene rings is 1. The van der Waals surface area contributed by atoms with Crippen molar-refractivity contribution in [3.05, 3.63) is 53.5 Å². The molecule has 1 aromatic carbocycles. The van der Waals surface area contributed by atoms with Crippen LogP contribution in [0.25, 0.3) is 6.08 Å². The van der Waals surface area contributed by atoms with Gasteiger partial charge in [-0.15, -0.1) is 0 Å². The van der Waals surface area contributed by atoms with Gasteiger partial charge in [0.1, 0.15) is 5.70 Å². The second-order valence-corrected chi connectivity index (χ2v) is 5.43. The fraction of sp³-hybridized carbons (Fsp3) is 0.188. The van der Waals surface area contributed by atoms with Crippen LogP contribution in [0.15, 0.2) is 42.2 Å². The summed E-state index contributed by atoms with van der Waals surface area (Å²) in [5.41, 5.74) is 3.18. The summed E-state index contributed by atoms with van der Waals surface area (Å²) in [6, 6.07) is 9.57. The number of nitrogens with one attached hydrogen (secondary N) is 1. The van der Waals surface area contributed by atoms with Gasteiger partial charge in [-0.3, -0.25) is 14.4 Å². The van der Waals surface area contributed by atoms with Crippen molar-refractivity contribution in [3.8, 4) is 0 Å². The summed E-state index contributed by atoms with van der Waals surface area (Å²) in [4.78, 5) is 14.1. The van der Waals surface area contributed by atoms with Crippen molar-refractivity contribution >= 4 is 35.0 Å². The van der Waals surface area contributed by atoms with Crippen molar-refractivity contribution in [3.63, 3.8) is 0 Å². The summed E-state index contributed by atoms with van der Waals surface area (Å²) >= 11 is 5.31. The van der Waals surface area contributed by atoms with E-state index in [9.17, 15) is 4.79 Å². The summed E-state index contributed by atoms with van der Waals surface area (Å²) in [7, 11) is 0. The highest BCUT2D eigenvalue weighted by molar-refractivity contribution is 7.80. The zero-order chi connectivity index (χ0) is 15.7. The van der Waals surface area contributed by atoms with Crippen LogP contribution in [-0.2, 0) is 11.3 Å². The number of amides is 1. The van der Waals surface area contributed by atoms with Gasteiger partial charge in [0.2, 0.25) is 0 Å². The van der Waals surface area contributed by atoms with E-state index in [2.05, 4.69) is 10.4 Å². The van der Waals surface area contributed by atoms with Crippen LogP contribution in [0.5, 0.6) is 0 Å². The molecule has 1 aromatic heterocycles. The largest absolute Gasteiger partial charge is 0.327 e. The van der Waals surface area contributed by atoms with Crippen LogP contribution in [0.4, 0.5) is 5.69 Å². The average molecular weight is 312 g/mol. The molecule has 1 amide bonds. The minimum absolute atomic E-state index is 0.153. The van der Waals surface area contributed by atoms with Crippen LogP contribution in [0, 0.1) is 6.92 Å². The Kier molecular flexibility index (Phi) is 3.77. The minimum Gasteiger partial charge on any atom is -0.327 e. The molecule has 6 heteroatoms. The molecule has 112 valence electrons. The quantitative estimate of drug-likeness (QED) is 0.699. The first-order valence-electron chi connectivity index (χ1n) is 7.05. The minimum atomic E-state index is -0.153. The zero-order valence-electron chi connectivity index (χ0n) is 12.4. The predicted octanol–water partition coefficient (Wildman–Crippen LogP) is 2.47. The Bertz CT molecular complexity index is 778. The molecule has 1 saturated heterocycles. The van der Waals surface area contributed by atoms with Gasteiger partial charge in [0, 0.05) is 12.7 Å². The van der Waals surface area contributed by atoms with Gasteiger partial charge in [0.25, 0.3) is 5.91 Å². The molecule has 22 heavy (non-hydrogen) atoms. The molecule has 0 saturated carbocycles. The topological polar surface area (TPSA) is 50.2 Å². The SMILES string of the molecule is CCn1nccc1/C=C1/NC(=S)N(c2cccc(C)c2)C1=O. The maximum absolute atomic E-state index is 12.6. The second kappa shape index (κ2) is 5.73. The average Bonchev–Trinajstić information content (AvgIpc) is 3.04. The molecule has 0 atom stereocenters. The molecule has 0 aliphatic carbocycles. The highest BCUT2D eigenvalue weighted by atomic mass is 32.1. The highest BCUT2D eigenvalue weighted by Gasteiger charge is 2.32. The normalized spacial score (nSPS) is 16.5. The maximum Gasteiger partial charge on any atom is 0.281 e. The standard InChI is InChI=1S/C16H16N4OS/c1-3-19-12(7-8-17-19)10-14-15(21)20(16(22)18-14)13-6-4-5-11(2)9-13/h4-10H,3H2,1-2H3,(H,18,22)/b14-10+. The summed E-state index contributed by atoms with van der Waals surface area (Å²) in [6.07, 6.45) is 3.49. The fourth-order valence-electron chi connectivity index (χ4n) is 2.41. The van der Waals surface area contributed by atoms with Gasteiger partial charge in [-0.05, 0) is 55.9 Å². The molecule has 3 rings (SSSR count). The van der Waals surface area contributed by atoms with Crippen LogP contribution >= 0.6 is 12.2 Å². The van der Waals surface area contributed by atoms with Crippen molar-refractivity contribution < 1.29 is 4.79 Å². The smallest absolute Gasteiger partial charge is 0.281 e. The third kappa shape index (κ3) is 2.53. The summed E-state index contributed by atoms with van der Waals surface area (Å²) < 4.78 is 1.82. The van der Waals surface area contributed by atoms with E-state index in [1.54, 1.807) is 12.3 Å². The van der Waals surface area contributed by atoms with Crippen LogP contribution < -0.4 is 10.2 Å².